The first-order valence-electron chi connectivity index (χ1n) is 9.81. The van der Waals surface area contributed by atoms with Gasteiger partial charge in [-0.1, -0.05) is 41.9 Å². The van der Waals surface area contributed by atoms with Crippen LogP contribution in [0.3, 0.4) is 0 Å². The molecule has 9 heteroatoms. The molecule has 0 radical (unpaired) electrons. The first kappa shape index (κ1) is 21.0. The molecule has 164 valence electrons. The fourth-order valence-corrected chi connectivity index (χ4v) is 4.62. The topological polar surface area (TPSA) is 86.2 Å². The molecule has 3 aromatic carbocycles. The number of amides is 1. The Bertz CT molecular complexity index is 1420. The van der Waals surface area contributed by atoms with Gasteiger partial charge in [0, 0.05) is 21.2 Å². The molecule has 0 unspecified atom stereocenters. The van der Waals surface area contributed by atoms with E-state index >= 15 is 0 Å². The Morgan fingerprint density at radius 3 is 2.70 bits per heavy atom. The van der Waals surface area contributed by atoms with Gasteiger partial charge in [-0.05, 0) is 36.4 Å². The molecule has 1 N–H and O–H groups in total. The molecule has 7 nitrogen and oxygen atoms in total. The van der Waals surface area contributed by atoms with Gasteiger partial charge in [0.05, 0.1) is 11.2 Å². The molecule has 5 rings (SSSR count). The highest BCUT2D eigenvalue weighted by Gasteiger charge is 2.20. The Labute approximate surface area is 197 Å². The lowest BCUT2D eigenvalue weighted by molar-refractivity contribution is 0.0739. The average Bonchev–Trinajstić information content (AvgIpc) is 3.44. The van der Waals surface area contributed by atoms with Gasteiger partial charge in [0.15, 0.2) is 11.5 Å². The van der Waals surface area contributed by atoms with E-state index in [0.717, 1.165) is 10.1 Å². The van der Waals surface area contributed by atoms with E-state index < -0.39 is 11.9 Å². The van der Waals surface area contributed by atoms with Crippen LogP contribution in [0.15, 0.2) is 71.8 Å². The number of fused-ring (bicyclic) bond motifs is 2. The lowest BCUT2D eigenvalue weighted by Crippen LogP contribution is -2.17. The number of rotatable bonds is 5. The van der Waals surface area contributed by atoms with Crippen molar-refractivity contribution in [1.29, 1.82) is 0 Å². The molecule has 2 heterocycles. The van der Waals surface area contributed by atoms with Gasteiger partial charge in [0.1, 0.15) is 10.6 Å². The van der Waals surface area contributed by atoms with E-state index in [0.29, 0.717) is 32.5 Å². The van der Waals surface area contributed by atoms with Crippen molar-refractivity contribution in [3.05, 3.63) is 87.8 Å². The Hall–Kier alpha value is -3.88. The number of halogens is 1. The second-order valence-electron chi connectivity index (χ2n) is 6.94. The van der Waals surface area contributed by atoms with Gasteiger partial charge in [-0.3, -0.25) is 4.79 Å². The smallest absolute Gasteiger partial charge is 0.355 e. The molecule has 1 aliphatic rings. The van der Waals surface area contributed by atoms with E-state index in [1.165, 1.54) is 17.6 Å². The fraction of sp³-hybridized carbons (Fsp3) is 0.0417. The van der Waals surface area contributed by atoms with Crippen LogP contribution in [0, 0.1) is 0 Å². The van der Waals surface area contributed by atoms with Crippen molar-refractivity contribution in [3.8, 4) is 17.2 Å². The Morgan fingerprint density at radius 2 is 1.82 bits per heavy atom. The van der Waals surface area contributed by atoms with E-state index in [1.54, 1.807) is 42.5 Å². The first-order chi connectivity index (χ1) is 16.1. The van der Waals surface area contributed by atoms with E-state index in [4.69, 9.17) is 25.8 Å². The van der Waals surface area contributed by atoms with Crippen LogP contribution in [0.5, 0.6) is 17.2 Å². The molecule has 0 aliphatic carbocycles. The summed E-state index contributed by atoms with van der Waals surface area (Å²) in [5, 5.41) is 5.16. The van der Waals surface area contributed by atoms with Crippen molar-refractivity contribution >= 4 is 51.1 Å². The summed E-state index contributed by atoms with van der Waals surface area (Å²) >= 11 is 7.66. The second-order valence-corrected chi connectivity index (χ2v) is 8.37. The van der Waals surface area contributed by atoms with E-state index in [9.17, 15) is 9.59 Å². The minimum atomic E-state index is -0.563. The summed E-state index contributed by atoms with van der Waals surface area (Å²) in [7, 11) is 0. The number of ether oxygens (including phenoxy) is 3. The van der Waals surface area contributed by atoms with Crippen LogP contribution in [-0.4, -0.2) is 24.9 Å². The van der Waals surface area contributed by atoms with Crippen LogP contribution < -0.4 is 19.6 Å². The third-order valence-electron chi connectivity index (χ3n) is 4.85. The monoisotopic (exact) mass is 478 g/mol. The van der Waals surface area contributed by atoms with Crippen LogP contribution >= 0.6 is 22.9 Å². The second kappa shape index (κ2) is 8.93. The summed E-state index contributed by atoms with van der Waals surface area (Å²) < 4.78 is 17.0. The van der Waals surface area contributed by atoms with Crippen molar-refractivity contribution in [3.63, 3.8) is 0 Å². The molecule has 4 aromatic rings. The minimum Gasteiger partial charge on any atom is -0.454 e. The number of hydrogen-bond donors (Lipinski definition) is 1. The molecular weight excluding hydrogens is 464 g/mol. The third kappa shape index (κ3) is 4.26. The standard InChI is InChI=1S/C24H15ClN2O5S/c25-21-16-6-2-4-8-20(16)33-22(21)24(29)32-17-7-3-1-5-15(17)12-26-27-23(28)14-9-10-18-19(11-14)31-13-30-18/h1-12H,13H2,(H,27,28)/b26-12-. The lowest BCUT2D eigenvalue weighted by atomic mass is 10.2. The van der Waals surface area contributed by atoms with Crippen LogP contribution in [0.25, 0.3) is 10.1 Å². The van der Waals surface area contributed by atoms with Gasteiger partial charge in [0.25, 0.3) is 5.91 Å². The number of carbonyl (C=O) groups is 2. The third-order valence-corrected chi connectivity index (χ3v) is 6.50. The molecule has 0 bridgehead atoms. The maximum atomic E-state index is 12.8. The van der Waals surface area contributed by atoms with Crippen molar-refractivity contribution in [1.82, 2.24) is 5.43 Å². The number of nitrogens with zero attached hydrogens (tertiary/aromatic N) is 1. The fourth-order valence-electron chi connectivity index (χ4n) is 3.23. The van der Waals surface area contributed by atoms with Gasteiger partial charge in [-0.2, -0.15) is 5.10 Å². The summed E-state index contributed by atoms with van der Waals surface area (Å²) in [6, 6.07) is 19.2. The quantitative estimate of drug-likeness (QED) is 0.183. The highest BCUT2D eigenvalue weighted by atomic mass is 35.5. The van der Waals surface area contributed by atoms with Gasteiger partial charge >= 0.3 is 5.97 Å². The Balaban J connectivity index is 1.30. The van der Waals surface area contributed by atoms with Crippen LogP contribution in [0.4, 0.5) is 0 Å². The predicted octanol–water partition coefficient (Wildman–Crippen LogP) is 5.27. The van der Waals surface area contributed by atoms with E-state index in [1.807, 2.05) is 24.3 Å². The van der Waals surface area contributed by atoms with Crippen molar-refractivity contribution < 1.29 is 23.8 Å². The molecule has 33 heavy (non-hydrogen) atoms. The molecule has 1 aromatic heterocycles. The van der Waals surface area contributed by atoms with Crippen molar-refractivity contribution in [2.24, 2.45) is 5.10 Å². The van der Waals surface area contributed by atoms with E-state index in [2.05, 4.69) is 10.5 Å². The normalized spacial score (nSPS) is 12.3. The summed E-state index contributed by atoms with van der Waals surface area (Å²) in [6.07, 6.45) is 1.40. The van der Waals surface area contributed by atoms with Crippen molar-refractivity contribution in [2.75, 3.05) is 6.79 Å². The summed E-state index contributed by atoms with van der Waals surface area (Å²) in [6.45, 7) is 0.126. The highest BCUT2D eigenvalue weighted by molar-refractivity contribution is 7.21. The van der Waals surface area contributed by atoms with Crippen molar-refractivity contribution in [2.45, 2.75) is 0 Å². The Kier molecular flexibility index (Phi) is 5.68. The number of benzene rings is 3. The lowest BCUT2D eigenvalue weighted by Gasteiger charge is -2.06. The van der Waals surface area contributed by atoms with Crippen LogP contribution in [0.1, 0.15) is 25.6 Å². The summed E-state index contributed by atoms with van der Waals surface area (Å²) in [5.41, 5.74) is 3.33. The molecule has 0 atom stereocenters. The molecule has 1 amide bonds. The molecule has 0 saturated carbocycles. The predicted molar refractivity (Wildman–Crippen MR) is 126 cm³/mol. The van der Waals surface area contributed by atoms with Gasteiger partial charge < -0.3 is 14.2 Å². The van der Waals surface area contributed by atoms with Gasteiger partial charge in [0.2, 0.25) is 6.79 Å². The number of nitrogens with one attached hydrogen (secondary N) is 1. The maximum absolute atomic E-state index is 12.8. The average molecular weight is 479 g/mol. The maximum Gasteiger partial charge on any atom is 0.355 e. The highest BCUT2D eigenvalue weighted by Crippen LogP contribution is 2.36. The number of para-hydroxylation sites is 1. The number of hydrazone groups is 1. The molecule has 0 fully saturated rings. The SMILES string of the molecule is O=C(N/N=C\c1ccccc1OC(=O)c1sc2ccccc2c1Cl)c1ccc2c(c1)OCO2. The number of hydrogen-bond acceptors (Lipinski definition) is 7. The molecule has 1 aliphatic heterocycles. The Morgan fingerprint density at radius 1 is 1.03 bits per heavy atom. The molecular formula is C24H15ClN2O5S. The zero-order valence-electron chi connectivity index (χ0n) is 16.9. The first-order valence-corrected chi connectivity index (χ1v) is 11.0. The number of esters is 1. The molecule has 0 spiro atoms. The largest absolute Gasteiger partial charge is 0.454 e. The summed E-state index contributed by atoms with van der Waals surface area (Å²) in [5.74, 6) is 0.396. The van der Waals surface area contributed by atoms with Crippen LogP contribution in [-0.2, 0) is 0 Å². The van der Waals surface area contributed by atoms with Crippen LogP contribution in [0.2, 0.25) is 5.02 Å². The zero-order chi connectivity index (χ0) is 22.8. The van der Waals surface area contributed by atoms with Gasteiger partial charge in [-0.15, -0.1) is 11.3 Å². The summed E-state index contributed by atoms with van der Waals surface area (Å²) in [4.78, 5) is 25.5. The number of thiophene rings is 1. The van der Waals surface area contributed by atoms with Gasteiger partial charge in [-0.25, -0.2) is 10.2 Å². The number of carbonyl (C=O) groups excluding carboxylic acids is 2. The molecule has 0 saturated heterocycles. The minimum absolute atomic E-state index is 0.126. The zero-order valence-corrected chi connectivity index (χ0v) is 18.5. The van der Waals surface area contributed by atoms with E-state index in [-0.39, 0.29) is 12.5 Å².